The molecule has 0 aliphatic heterocycles. The Morgan fingerprint density at radius 2 is 1.57 bits per heavy atom. The number of carbonyl (C=O) groups is 3. The van der Waals surface area contributed by atoms with E-state index in [9.17, 15) is 14.4 Å². The summed E-state index contributed by atoms with van der Waals surface area (Å²) in [5, 5.41) is 5.35. The monoisotopic (exact) mass is 420 g/mol. The Labute approximate surface area is 179 Å². The molecule has 0 saturated heterocycles. The van der Waals surface area contributed by atoms with Gasteiger partial charge in [0, 0.05) is 0 Å². The lowest BCUT2D eigenvalue weighted by atomic mass is 10.0. The molecule has 30 heavy (non-hydrogen) atoms. The van der Waals surface area contributed by atoms with Gasteiger partial charge in [0.1, 0.15) is 24.3 Å². The third-order valence-electron chi connectivity index (χ3n) is 4.15. The summed E-state index contributed by atoms with van der Waals surface area (Å²) < 4.78 is 10.7. The summed E-state index contributed by atoms with van der Waals surface area (Å²) in [7, 11) is 0. The van der Waals surface area contributed by atoms with Gasteiger partial charge >= 0.3 is 12.1 Å². The highest BCUT2D eigenvalue weighted by Gasteiger charge is 2.31. The first-order chi connectivity index (χ1) is 13.9. The highest BCUT2D eigenvalue weighted by Crippen LogP contribution is 2.12. The molecule has 0 saturated carbocycles. The largest absolute Gasteiger partial charge is 0.459 e. The standard InChI is InChI=1S/C23H36N2O5/c1-15(2)13-18(21(27)29-14-17-11-9-8-10-12-17)24-20(26)19(16(3)4)25-22(28)30-23(5,6)7/h8-12,15-16,18-19H,13-14H2,1-7H3,(H,24,26)(H,25,28)/t18-,19+/m0/s1. The number of rotatable bonds is 9. The highest BCUT2D eigenvalue weighted by atomic mass is 16.6. The molecule has 1 rings (SSSR count). The van der Waals surface area contributed by atoms with E-state index in [2.05, 4.69) is 10.6 Å². The second kappa shape index (κ2) is 11.6. The van der Waals surface area contributed by atoms with Gasteiger partial charge in [0.05, 0.1) is 0 Å². The minimum absolute atomic E-state index is 0.133. The van der Waals surface area contributed by atoms with Crippen molar-refractivity contribution in [1.29, 1.82) is 0 Å². The van der Waals surface area contributed by atoms with Crippen molar-refractivity contribution in [2.75, 3.05) is 0 Å². The maximum atomic E-state index is 12.9. The average molecular weight is 421 g/mol. The van der Waals surface area contributed by atoms with Gasteiger partial charge in [0.25, 0.3) is 0 Å². The molecule has 0 aliphatic carbocycles. The van der Waals surface area contributed by atoms with Crippen LogP contribution in [0.2, 0.25) is 0 Å². The second-order valence-electron chi connectivity index (χ2n) is 9.15. The second-order valence-corrected chi connectivity index (χ2v) is 9.15. The summed E-state index contributed by atoms with van der Waals surface area (Å²) in [6.45, 7) is 12.9. The van der Waals surface area contributed by atoms with Crippen LogP contribution in [0.1, 0.15) is 60.5 Å². The maximum Gasteiger partial charge on any atom is 0.408 e. The molecule has 2 amide bonds. The molecule has 0 aromatic heterocycles. The van der Waals surface area contributed by atoms with Gasteiger partial charge in [-0.3, -0.25) is 4.79 Å². The molecule has 2 atom stereocenters. The van der Waals surface area contributed by atoms with Crippen LogP contribution in [0, 0.1) is 11.8 Å². The highest BCUT2D eigenvalue weighted by molar-refractivity contribution is 5.89. The Morgan fingerprint density at radius 1 is 0.967 bits per heavy atom. The molecule has 7 heteroatoms. The lowest BCUT2D eigenvalue weighted by molar-refractivity contribution is -0.150. The number of ether oxygens (including phenoxy) is 2. The summed E-state index contributed by atoms with van der Waals surface area (Å²) in [5.74, 6) is -0.979. The third kappa shape index (κ3) is 9.76. The Morgan fingerprint density at radius 3 is 2.07 bits per heavy atom. The first-order valence-electron chi connectivity index (χ1n) is 10.4. The van der Waals surface area contributed by atoms with E-state index in [0.717, 1.165) is 5.56 Å². The number of hydrogen-bond acceptors (Lipinski definition) is 5. The van der Waals surface area contributed by atoms with Gasteiger partial charge in [-0.05, 0) is 44.6 Å². The van der Waals surface area contributed by atoms with Crippen molar-refractivity contribution in [2.24, 2.45) is 11.8 Å². The molecule has 0 heterocycles. The fraction of sp³-hybridized carbons (Fsp3) is 0.609. The zero-order valence-corrected chi connectivity index (χ0v) is 19.2. The van der Waals surface area contributed by atoms with Crippen LogP contribution in [0.25, 0.3) is 0 Å². The Hall–Kier alpha value is -2.57. The van der Waals surface area contributed by atoms with Gasteiger partial charge in [0.15, 0.2) is 0 Å². The fourth-order valence-electron chi connectivity index (χ4n) is 2.75. The number of hydrogen-bond donors (Lipinski definition) is 2. The van der Waals surface area contributed by atoms with Gasteiger partial charge in [-0.1, -0.05) is 58.0 Å². The van der Waals surface area contributed by atoms with E-state index in [1.165, 1.54) is 0 Å². The molecule has 0 unspecified atom stereocenters. The van der Waals surface area contributed by atoms with Crippen molar-refractivity contribution in [1.82, 2.24) is 10.6 Å². The number of amides is 2. The minimum atomic E-state index is -0.837. The molecular formula is C23H36N2O5. The summed E-state index contributed by atoms with van der Waals surface area (Å²) in [6, 6.07) is 7.71. The lowest BCUT2D eigenvalue weighted by Crippen LogP contribution is -2.54. The molecule has 0 radical (unpaired) electrons. The van der Waals surface area contributed by atoms with Gasteiger partial charge in [-0.25, -0.2) is 9.59 Å². The van der Waals surface area contributed by atoms with E-state index in [4.69, 9.17) is 9.47 Å². The van der Waals surface area contributed by atoms with Crippen molar-refractivity contribution in [3.05, 3.63) is 35.9 Å². The van der Waals surface area contributed by atoms with Crippen molar-refractivity contribution >= 4 is 18.0 Å². The summed E-state index contributed by atoms with van der Waals surface area (Å²) in [4.78, 5) is 37.6. The first kappa shape index (κ1) is 25.5. The molecule has 1 aromatic rings. The number of alkyl carbamates (subject to hydrolysis) is 1. The summed E-state index contributed by atoms with van der Waals surface area (Å²) in [6.07, 6.45) is -0.250. The quantitative estimate of drug-likeness (QED) is 0.593. The van der Waals surface area contributed by atoms with Gasteiger partial charge in [-0.2, -0.15) is 0 Å². The van der Waals surface area contributed by atoms with Crippen molar-refractivity contribution in [3.8, 4) is 0 Å². The average Bonchev–Trinajstić information content (AvgIpc) is 2.62. The summed E-state index contributed by atoms with van der Waals surface area (Å²) >= 11 is 0. The van der Waals surface area contributed by atoms with Crippen LogP contribution in [-0.2, 0) is 25.7 Å². The summed E-state index contributed by atoms with van der Waals surface area (Å²) in [5.41, 5.74) is 0.191. The van der Waals surface area contributed by atoms with E-state index in [-0.39, 0.29) is 18.4 Å². The van der Waals surface area contributed by atoms with E-state index in [1.54, 1.807) is 20.8 Å². The lowest BCUT2D eigenvalue weighted by Gasteiger charge is -2.27. The van der Waals surface area contributed by atoms with Crippen LogP contribution in [-0.4, -0.2) is 35.7 Å². The van der Waals surface area contributed by atoms with Crippen LogP contribution in [0.4, 0.5) is 4.79 Å². The van der Waals surface area contributed by atoms with E-state index >= 15 is 0 Å². The third-order valence-corrected chi connectivity index (χ3v) is 4.15. The smallest absolute Gasteiger partial charge is 0.408 e. The molecule has 7 nitrogen and oxygen atoms in total. The van der Waals surface area contributed by atoms with Crippen molar-refractivity contribution < 1.29 is 23.9 Å². The van der Waals surface area contributed by atoms with Gasteiger partial charge in [-0.15, -0.1) is 0 Å². The van der Waals surface area contributed by atoms with Crippen molar-refractivity contribution in [3.63, 3.8) is 0 Å². The van der Waals surface area contributed by atoms with Crippen LogP contribution < -0.4 is 10.6 Å². The molecule has 0 fully saturated rings. The minimum Gasteiger partial charge on any atom is -0.459 e. The van der Waals surface area contributed by atoms with E-state index < -0.39 is 35.7 Å². The van der Waals surface area contributed by atoms with Crippen LogP contribution in [0.15, 0.2) is 30.3 Å². The van der Waals surface area contributed by atoms with Crippen molar-refractivity contribution in [2.45, 2.75) is 79.2 Å². The predicted molar refractivity (Wildman–Crippen MR) is 116 cm³/mol. The van der Waals surface area contributed by atoms with Crippen LogP contribution in [0.3, 0.4) is 0 Å². The van der Waals surface area contributed by atoms with Crippen LogP contribution >= 0.6 is 0 Å². The normalized spacial score (nSPS) is 13.5. The number of nitrogens with one attached hydrogen (secondary N) is 2. The number of benzene rings is 1. The number of esters is 1. The molecule has 0 spiro atoms. The molecule has 168 valence electrons. The number of carbonyl (C=O) groups excluding carboxylic acids is 3. The topological polar surface area (TPSA) is 93.7 Å². The molecule has 0 aliphatic rings. The first-order valence-corrected chi connectivity index (χ1v) is 10.4. The molecule has 1 aromatic carbocycles. The Balaban J connectivity index is 2.80. The van der Waals surface area contributed by atoms with E-state index in [0.29, 0.717) is 6.42 Å². The van der Waals surface area contributed by atoms with Crippen LogP contribution in [0.5, 0.6) is 0 Å². The van der Waals surface area contributed by atoms with E-state index in [1.807, 2.05) is 58.0 Å². The SMILES string of the molecule is CC(C)C[C@H](NC(=O)[C@H](NC(=O)OC(C)(C)C)C(C)C)C(=O)OCc1ccccc1. The Bertz CT molecular complexity index is 695. The fourth-order valence-corrected chi connectivity index (χ4v) is 2.75. The zero-order chi connectivity index (χ0) is 22.9. The van der Waals surface area contributed by atoms with Gasteiger partial charge < -0.3 is 20.1 Å². The van der Waals surface area contributed by atoms with Gasteiger partial charge in [0.2, 0.25) is 5.91 Å². The molecule has 0 bridgehead atoms. The molecule has 2 N–H and O–H groups in total. The Kier molecular flexibility index (Phi) is 9.82. The maximum absolute atomic E-state index is 12.9. The predicted octanol–water partition coefficient (Wildman–Crippen LogP) is 3.81. The molecular weight excluding hydrogens is 384 g/mol. The zero-order valence-electron chi connectivity index (χ0n) is 19.2.